The number of thioether (sulfide) groups is 1. The minimum absolute atomic E-state index is 0.0409. The first-order valence-corrected chi connectivity index (χ1v) is 11.8. The third-order valence-electron chi connectivity index (χ3n) is 4.29. The molecule has 31 heavy (non-hydrogen) atoms. The van der Waals surface area contributed by atoms with Crippen LogP contribution in [-0.2, 0) is 4.79 Å². The van der Waals surface area contributed by atoms with Gasteiger partial charge in [-0.3, -0.25) is 4.79 Å². The lowest BCUT2D eigenvalue weighted by molar-refractivity contribution is -0.113. The minimum atomic E-state index is -0.836. The Balaban J connectivity index is 1.54. The number of thiazole rings is 1. The number of hydrogen-bond acceptors (Lipinski definition) is 4. The van der Waals surface area contributed by atoms with Gasteiger partial charge in [-0.05, 0) is 27.6 Å². The Labute approximate surface area is 194 Å². The molecule has 1 aromatic heterocycles. The van der Waals surface area contributed by atoms with E-state index in [1.54, 1.807) is 0 Å². The molecule has 8 heteroatoms. The van der Waals surface area contributed by atoms with Crippen LogP contribution in [0.4, 0.5) is 14.5 Å². The number of amides is 1. The van der Waals surface area contributed by atoms with Gasteiger partial charge in [0.25, 0.3) is 0 Å². The smallest absolute Gasteiger partial charge is 0.234 e. The molecule has 0 unspecified atom stereocenters. The molecule has 1 heterocycles. The second-order valence-electron chi connectivity index (χ2n) is 6.47. The van der Waals surface area contributed by atoms with Gasteiger partial charge < -0.3 is 5.32 Å². The van der Waals surface area contributed by atoms with Crippen LogP contribution >= 0.6 is 39.0 Å². The molecule has 156 valence electrons. The quantitative estimate of drug-likeness (QED) is 0.274. The predicted octanol–water partition coefficient (Wildman–Crippen LogP) is 7.25. The van der Waals surface area contributed by atoms with E-state index in [9.17, 15) is 13.6 Å². The zero-order valence-electron chi connectivity index (χ0n) is 15.9. The number of carbonyl (C=O) groups is 1. The van der Waals surface area contributed by atoms with Crippen LogP contribution in [0.25, 0.3) is 21.7 Å². The molecule has 1 N–H and O–H groups in total. The normalized spacial score (nSPS) is 10.8. The van der Waals surface area contributed by atoms with Crippen LogP contribution in [0, 0.1) is 11.6 Å². The number of rotatable bonds is 6. The first-order valence-electron chi connectivity index (χ1n) is 9.20. The van der Waals surface area contributed by atoms with Crippen molar-refractivity contribution in [2.75, 3.05) is 11.1 Å². The summed E-state index contributed by atoms with van der Waals surface area (Å²) in [6.45, 7) is 0. The Morgan fingerprint density at radius 3 is 2.29 bits per heavy atom. The van der Waals surface area contributed by atoms with Gasteiger partial charge in [-0.1, -0.05) is 72.4 Å². The van der Waals surface area contributed by atoms with E-state index in [1.165, 1.54) is 23.1 Å². The van der Waals surface area contributed by atoms with Gasteiger partial charge in [0.2, 0.25) is 5.91 Å². The zero-order chi connectivity index (χ0) is 21.8. The van der Waals surface area contributed by atoms with Gasteiger partial charge in [0.15, 0.2) is 10.2 Å². The highest BCUT2D eigenvalue weighted by molar-refractivity contribution is 9.10. The molecule has 0 saturated carbocycles. The summed E-state index contributed by atoms with van der Waals surface area (Å²) in [6, 6.07) is 21.6. The number of aromatic nitrogens is 1. The molecule has 0 radical (unpaired) electrons. The maximum absolute atomic E-state index is 14.0. The molecular weight excluding hydrogens is 502 g/mol. The van der Waals surface area contributed by atoms with Crippen molar-refractivity contribution in [3.63, 3.8) is 0 Å². The summed E-state index contributed by atoms with van der Waals surface area (Å²) in [6.07, 6.45) is 0. The number of anilines is 1. The van der Waals surface area contributed by atoms with E-state index in [-0.39, 0.29) is 15.9 Å². The number of benzene rings is 3. The lowest BCUT2D eigenvalue weighted by Gasteiger charge is -2.08. The summed E-state index contributed by atoms with van der Waals surface area (Å²) in [5, 5.41) is 2.49. The maximum Gasteiger partial charge on any atom is 0.234 e. The predicted molar refractivity (Wildman–Crippen MR) is 126 cm³/mol. The number of nitrogens with zero attached hydrogens (tertiary/aromatic N) is 1. The van der Waals surface area contributed by atoms with E-state index >= 15 is 0 Å². The number of carbonyl (C=O) groups excluding carboxylic acids is 1. The van der Waals surface area contributed by atoms with Crippen LogP contribution in [0.1, 0.15) is 0 Å². The third-order valence-corrected chi connectivity index (χ3v) is 7.16. The SMILES string of the molecule is O=C(CSc1nc(-c2ccccc2)c(-c2ccccc2)s1)Nc1c(F)cc(F)cc1Br. The molecule has 0 aliphatic heterocycles. The van der Waals surface area contributed by atoms with Crippen LogP contribution in [-0.4, -0.2) is 16.6 Å². The number of nitrogens with one attached hydrogen (secondary N) is 1. The molecule has 4 rings (SSSR count). The van der Waals surface area contributed by atoms with Gasteiger partial charge in [-0.15, -0.1) is 11.3 Å². The molecular formula is C23H15BrF2N2OS2. The van der Waals surface area contributed by atoms with Gasteiger partial charge in [0, 0.05) is 16.1 Å². The van der Waals surface area contributed by atoms with E-state index in [1.807, 2.05) is 60.7 Å². The second kappa shape index (κ2) is 9.72. The fourth-order valence-electron chi connectivity index (χ4n) is 2.90. The van der Waals surface area contributed by atoms with Crippen LogP contribution < -0.4 is 5.32 Å². The second-order valence-corrected chi connectivity index (χ2v) is 9.55. The molecule has 0 aliphatic rings. The summed E-state index contributed by atoms with van der Waals surface area (Å²) in [5.74, 6) is -1.92. The van der Waals surface area contributed by atoms with E-state index in [0.29, 0.717) is 0 Å². The molecule has 0 spiro atoms. The molecule has 3 nitrogen and oxygen atoms in total. The topological polar surface area (TPSA) is 42.0 Å². The van der Waals surface area contributed by atoms with Gasteiger partial charge in [-0.2, -0.15) is 0 Å². The van der Waals surface area contributed by atoms with Gasteiger partial charge in [0.05, 0.1) is 22.0 Å². The zero-order valence-corrected chi connectivity index (χ0v) is 19.2. The van der Waals surface area contributed by atoms with Crippen molar-refractivity contribution in [3.05, 3.63) is 88.9 Å². The van der Waals surface area contributed by atoms with Crippen molar-refractivity contribution in [1.29, 1.82) is 0 Å². The lowest BCUT2D eigenvalue weighted by atomic mass is 10.1. The Kier molecular flexibility index (Phi) is 6.80. The van der Waals surface area contributed by atoms with Crippen LogP contribution in [0.15, 0.2) is 81.6 Å². The molecule has 0 bridgehead atoms. The van der Waals surface area contributed by atoms with Crippen molar-refractivity contribution in [1.82, 2.24) is 4.98 Å². The Morgan fingerprint density at radius 2 is 1.65 bits per heavy atom. The summed E-state index contributed by atoms with van der Waals surface area (Å²) in [5.41, 5.74) is 2.81. The number of halogens is 3. The lowest BCUT2D eigenvalue weighted by Crippen LogP contribution is -2.15. The first-order chi connectivity index (χ1) is 15.0. The van der Waals surface area contributed by atoms with Crippen molar-refractivity contribution in [3.8, 4) is 21.7 Å². The van der Waals surface area contributed by atoms with E-state index < -0.39 is 17.5 Å². The average molecular weight is 517 g/mol. The highest BCUT2D eigenvalue weighted by Crippen LogP contribution is 2.40. The first kappa shape index (κ1) is 21.7. The van der Waals surface area contributed by atoms with Crippen LogP contribution in [0.5, 0.6) is 0 Å². The Morgan fingerprint density at radius 1 is 1.00 bits per heavy atom. The summed E-state index contributed by atoms with van der Waals surface area (Å²) < 4.78 is 28.1. The molecule has 0 saturated heterocycles. The van der Waals surface area contributed by atoms with Crippen molar-refractivity contribution in [2.24, 2.45) is 0 Å². The van der Waals surface area contributed by atoms with Crippen LogP contribution in [0.3, 0.4) is 0 Å². The van der Waals surface area contributed by atoms with Gasteiger partial charge >= 0.3 is 0 Å². The van der Waals surface area contributed by atoms with E-state index in [4.69, 9.17) is 4.98 Å². The third kappa shape index (κ3) is 5.20. The molecule has 3 aromatic carbocycles. The monoisotopic (exact) mass is 516 g/mol. The van der Waals surface area contributed by atoms with Gasteiger partial charge in [0.1, 0.15) is 5.82 Å². The average Bonchev–Trinajstić information content (AvgIpc) is 3.20. The summed E-state index contributed by atoms with van der Waals surface area (Å²) >= 11 is 5.85. The molecule has 0 aliphatic carbocycles. The molecule has 0 fully saturated rings. The maximum atomic E-state index is 14.0. The fraction of sp³-hybridized carbons (Fsp3) is 0.0435. The van der Waals surface area contributed by atoms with Gasteiger partial charge in [-0.25, -0.2) is 13.8 Å². The highest BCUT2D eigenvalue weighted by Gasteiger charge is 2.17. The van der Waals surface area contributed by atoms with Crippen molar-refractivity contribution >= 4 is 50.6 Å². The highest BCUT2D eigenvalue weighted by atomic mass is 79.9. The molecule has 4 aromatic rings. The summed E-state index contributed by atoms with van der Waals surface area (Å²) in [7, 11) is 0. The van der Waals surface area contributed by atoms with Crippen LogP contribution in [0.2, 0.25) is 0 Å². The van der Waals surface area contributed by atoms with Crippen molar-refractivity contribution in [2.45, 2.75) is 4.34 Å². The van der Waals surface area contributed by atoms with E-state index in [2.05, 4.69) is 21.2 Å². The Hall–Kier alpha value is -2.55. The largest absolute Gasteiger partial charge is 0.322 e. The standard InChI is InChI=1S/C23H15BrF2N2OS2/c24-17-11-16(25)12-18(26)21(17)27-19(29)13-30-23-28-20(14-7-3-1-4-8-14)22(31-23)15-9-5-2-6-10-15/h1-12H,13H2,(H,27,29). The molecule has 0 atom stereocenters. The number of hydrogen-bond donors (Lipinski definition) is 1. The van der Waals surface area contributed by atoms with E-state index in [0.717, 1.165) is 38.2 Å². The fourth-order valence-corrected chi connectivity index (χ4v) is 5.38. The van der Waals surface area contributed by atoms with Crippen molar-refractivity contribution < 1.29 is 13.6 Å². The minimum Gasteiger partial charge on any atom is -0.322 e. The Bertz CT molecular complexity index is 1140. The molecule has 1 amide bonds. The summed E-state index contributed by atoms with van der Waals surface area (Å²) in [4.78, 5) is 18.1.